The van der Waals surface area contributed by atoms with E-state index in [0.717, 1.165) is 5.56 Å². The molecule has 0 fully saturated rings. The second-order valence-corrected chi connectivity index (χ2v) is 3.89. The molecule has 0 atom stereocenters. The molecule has 94 valence electrons. The second-order valence-electron chi connectivity index (χ2n) is 3.11. The molecule has 1 aromatic heterocycles. The highest BCUT2D eigenvalue weighted by Crippen LogP contribution is 2.11. The van der Waals surface area contributed by atoms with E-state index in [4.69, 9.17) is 0 Å². The molecule has 0 radical (unpaired) electrons. The van der Waals surface area contributed by atoms with Crippen LogP contribution in [0.2, 0.25) is 0 Å². The number of rotatable bonds is 3. The summed E-state index contributed by atoms with van der Waals surface area (Å²) < 4.78 is 35.2. The topological polar surface area (TPSA) is 58.2 Å². The highest BCUT2D eigenvalue weighted by molar-refractivity contribution is 7.07. The summed E-state index contributed by atoms with van der Waals surface area (Å²) in [7, 11) is 0. The monoisotopic (exact) mass is 266 g/mol. The van der Waals surface area contributed by atoms with Gasteiger partial charge in [-0.15, -0.1) is 0 Å². The molecule has 0 aliphatic heterocycles. The standard InChI is InChI=1S/C9H9F3N2O2S/c10-9(11,12)5-14-8(16)7(15)13-3-6-1-2-17-4-6/h1-2,4H,3,5H2,(H,13,15)(H,14,16). The molecule has 8 heteroatoms. The Labute approximate surface area is 98.8 Å². The van der Waals surface area contributed by atoms with Crippen molar-refractivity contribution in [3.63, 3.8) is 0 Å². The van der Waals surface area contributed by atoms with Crippen LogP contribution >= 0.6 is 11.3 Å². The molecule has 1 rings (SSSR count). The lowest BCUT2D eigenvalue weighted by Crippen LogP contribution is -2.43. The van der Waals surface area contributed by atoms with Crippen LogP contribution in [0.4, 0.5) is 13.2 Å². The van der Waals surface area contributed by atoms with Crippen LogP contribution in [-0.4, -0.2) is 24.5 Å². The van der Waals surface area contributed by atoms with Crippen LogP contribution in [0.1, 0.15) is 5.56 Å². The molecular formula is C9H9F3N2O2S. The molecule has 17 heavy (non-hydrogen) atoms. The van der Waals surface area contributed by atoms with E-state index in [-0.39, 0.29) is 6.54 Å². The van der Waals surface area contributed by atoms with Gasteiger partial charge in [-0.05, 0) is 22.4 Å². The maximum Gasteiger partial charge on any atom is 0.405 e. The number of hydrogen-bond acceptors (Lipinski definition) is 3. The van der Waals surface area contributed by atoms with Crippen molar-refractivity contribution in [3.05, 3.63) is 22.4 Å². The van der Waals surface area contributed by atoms with Crippen molar-refractivity contribution in [2.24, 2.45) is 0 Å². The largest absolute Gasteiger partial charge is 0.405 e. The molecule has 2 amide bonds. The van der Waals surface area contributed by atoms with Crippen molar-refractivity contribution in [1.82, 2.24) is 10.6 Å². The Kier molecular flexibility index (Phi) is 4.50. The van der Waals surface area contributed by atoms with Gasteiger partial charge in [0.25, 0.3) is 0 Å². The third-order valence-corrected chi connectivity index (χ3v) is 2.42. The number of hydrogen-bond donors (Lipinski definition) is 2. The van der Waals surface area contributed by atoms with Gasteiger partial charge in [-0.25, -0.2) is 0 Å². The Bertz CT molecular complexity index is 389. The lowest BCUT2D eigenvalue weighted by atomic mass is 10.3. The van der Waals surface area contributed by atoms with Crippen LogP contribution in [0.25, 0.3) is 0 Å². The number of halogens is 3. The van der Waals surface area contributed by atoms with Crippen LogP contribution in [0, 0.1) is 0 Å². The summed E-state index contributed by atoms with van der Waals surface area (Å²) in [6, 6.07) is 1.73. The van der Waals surface area contributed by atoms with E-state index < -0.39 is 24.5 Å². The van der Waals surface area contributed by atoms with Gasteiger partial charge in [0, 0.05) is 6.54 Å². The normalized spacial score (nSPS) is 11.0. The SMILES string of the molecule is O=C(NCc1ccsc1)C(=O)NCC(F)(F)F. The molecule has 0 aliphatic carbocycles. The van der Waals surface area contributed by atoms with Gasteiger partial charge in [0.1, 0.15) is 6.54 Å². The smallest absolute Gasteiger partial charge is 0.344 e. The minimum absolute atomic E-state index is 0.113. The Balaban J connectivity index is 2.30. The average Bonchev–Trinajstić information content (AvgIpc) is 2.74. The van der Waals surface area contributed by atoms with Gasteiger partial charge in [0.15, 0.2) is 0 Å². The third kappa shape index (κ3) is 5.34. The molecule has 1 aromatic rings. The average molecular weight is 266 g/mol. The molecule has 0 saturated heterocycles. The van der Waals surface area contributed by atoms with E-state index >= 15 is 0 Å². The lowest BCUT2D eigenvalue weighted by molar-refractivity contribution is -0.146. The van der Waals surface area contributed by atoms with E-state index in [1.165, 1.54) is 16.7 Å². The van der Waals surface area contributed by atoms with Crippen molar-refractivity contribution >= 4 is 23.2 Å². The molecule has 1 heterocycles. The molecule has 0 saturated carbocycles. The van der Waals surface area contributed by atoms with Crippen molar-refractivity contribution in [2.45, 2.75) is 12.7 Å². The molecule has 0 spiro atoms. The molecule has 0 aromatic carbocycles. The molecule has 0 aliphatic rings. The molecule has 0 unspecified atom stereocenters. The zero-order valence-corrected chi connectivity index (χ0v) is 9.32. The molecule has 4 nitrogen and oxygen atoms in total. The van der Waals surface area contributed by atoms with Crippen LogP contribution < -0.4 is 10.6 Å². The first-order valence-electron chi connectivity index (χ1n) is 4.52. The van der Waals surface area contributed by atoms with Gasteiger partial charge in [-0.1, -0.05) is 0 Å². The number of carbonyl (C=O) groups excluding carboxylic acids is 2. The van der Waals surface area contributed by atoms with Gasteiger partial charge >= 0.3 is 18.0 Å². The van der Waals surface area contributed by atoms with Crippen molar-refractivity contribution in [2.75, 3.05) is 6.54 Å². The maximum absolute atomic E-state index is 11.7. The van der Waals surface area contributed by atoms with Crippen LogP contribution in [0.3, 0.4) is 0 Å². The highest BCUT2D eigenvalue weighted by atomic mass is 32.1. The predicted molar refractivity (Wildman–Crippen MR) is 55.2 cm³/mol. The summed E-state index contributed by atoms with van der Waals surface area (Å²) in [5, 5.41) is 7.23. The van der Waals surface area contributed by atoms with Crippen LogP contribution in [-0.2, 0) is 16.1 Å². The minimum atomic E-state index is -4.52. The quantitative estimate of drug-likeness (QED) is 0.803. The first kappa shape index (κ1) is 13.5. The fraction of sp³-hybridized carbons (Fsp3) is 0.333. The zero-order chi connectivity index (χ0) is 12.9. The fourth-order valence-corrected chi connectivity index (χ4v) is 1.59. The number of carbonyl (C=O) groups is 2. The highest BCUT2D eigenvalue weighted by Gasteiger charge is 2.28. The molecule has 0 bridgehead atoms. The molecular weight excluding hydrogens is 257 g/mol. The Morgan fingerprint density at radius 2 is 1.88 bits per heavy atom. The first-order valence-corrected chi connectivity index (χ1v) is 5.46. The maximum atomic E-state index is 11.7. The summed E-state index contributed by atoms with van der Waals surface area (Å²) in [5.74, 6) is -2.38. The summed E-state index contributed by atoms with van der Waals surface area (Å²) in [4.78, 5) is 22.0. The Morgan fingerprint density at radius 1 is 1.24 bits per heavy atom. The van der Waals surface area contributed by atoms with E-state index in [2.05, 4.69) is 5.32 Å². The number of alkyl halides is 3. The van der Waals surface area contributed by atoms with Gasteiger partial charge in [-0.3, -0.25) is 9.59 Å². The minimum Gasteiger partial charge on any atom is -0.344 e. The summed E-state index contributed by atoms with van der Waals surface area (Å²) in [6.07, 6.45) is -4.52. The third-order valence-electron chi connectivity index (χ3n) is 1.69. The van der Waals surface area contributed by atoms with Crippen LogP contribution in [0.5, 0.6) is 0 Å². The number of amides is 2. The second kappa shape index (κ2) is 5.67. The van der Waals surface area contributed by atoms with Gasteiger partial charge in [0.05, 0.1) is 0 Å². The zero-order valence-electron chi connectivity index (χ0n) is 8.50. The van der Waals surface area contributed by atoms with Gasteiger partial charge < -0.3 is 10.6 Å². The van der Waals surface area contributed by atoms with E-state index in [0.29, 0.717) is 0 Å². The lowest BCUT2D eigenvalue weighted by Gasteiger charge is -2.08. The van der Waals surface area contributed by atoms with E-state index in [1.54, 1.807) is 16.8 Å². The van der Waals surface area contributed by atoms with E-state index in [1.807, 2.05) is 0 Å². The summed E-state index contributed by atoms with van der Waals surface area (Å²) in [6.45, 7) is -1.40. The van der Waals surface area contributed by atoms with Crippen LogP contribution in [0.15, 0.2) is 16.8 Å². The van der Waals surface area contributed by atoms with Gasteiger partial charge in [-0.2, -0.15) is 24.5 Å². The first-order chi connectivity index (χ1) is 7.88. The number of nitrogens with one attached hydrogen (secondary N) is 2. The Hall–Kier alpha value is -1.57. The van der Waals surface area contributed by atoms with Crippen molar-refractivity contribution in [1.29, 1.82) is 0 Å². The van der Waals surface area contributed by atoms with E-state index in [9.17, 15) is 22.8 Å². The summed E-state index contributed by atoms with van der Waals surface area (Å²) >= 11 is 1.41. The predicted octanol–water partition coefficient (Wildman–Crippen LogP) is 1.04. The van der Waals surface area contributed by atoms with Crippen molar-refractivity contribution in [3.8, 4) is 0 Å². The molecule has 2 N–H and O–H groups in total. The van der Waals surface area contributed by atoms with Gasteiger partial charge in [0.2, 0.25) is 0 Å². The van der Waals surface area contributed by atoms with Crippen molar-refractivity contribution < 1.29 is 22.8 Å². The fourth-order valence-electron chi connectivity index (χ4n) is 0.917. The Morgan fingerprint density at radius 3 is 2.41 bits per heavy atom. The number of thiophene rings is 1. The summed E-state index contributed by atoms with van der Waals surface area (Å²) in [5.41, 5.74) is 0.784.